The average molecular weight is 373 g/mol. The Morgan fingerprint density at radius 1 is 1.08 bits per heavy atom. The van der Waals surface area contributed by atoms with Crippen molar-refractivity contribution in [1.29, 1.82) is 0 Å². The number of carbonyl (C=O) groups is 1. The number of rotatable bonds is 2. The third kappa shape index (κ3) is 5.27. The molecule has 0 aliphatic carbocycles. The van der Waals surface area contributed by atoms with Gasteiger partial charge in [0.25, 0.3) is 0 Å². The number of carboxylic acid groups (broad SMARTS) is 1. The Balaban J connectivity index is 0.000000298. The molecular formula is C17H19F4N3O2. The molecule has 5 nitrogen and oxygen atoms in total. The van der Waals surface area contributed by atoms with Crippen LogP contribution in [0.4, 0.5) is 17.6 Å². The highest BCUT2D eigenvalue weighted by atomic mass is 19.4. The van der Waals surface area contributed by atoms with Gasteiger partial charge in [-0.05, 0) is 18.4 Å². The summed E-state index contributed by atoms with van der Waals surface area (Å²) >= 11 is 0. The Morgan fingerprint density at radius 3 is 2.31 bits per heavy atom. The van der Waals surface area contributed by atoms with Crippen LogP contribution < -0.4 is 0 Å². The smallest absolute Gasteiger partial charge is 0.475 e. The molecule has 0 saturated carbocycles. The molecule has 0 fully saturated rings. The molecule has 0 amide bonds. The summed E-state index contributed by atoms with van der Waals surface area (Å²) in [6.07, 6.45) is -0.699. The quantitative estimate of drug-likeness (QED) is 0.806. The summed E-state index contributed by atoms with van der Waals surface area (Å²) in [7, 11) is 0. The highest BCUT2D eigenvalue weighted by molar-refractivity contribution is 5.73. The molecule has 1 aromatic carbocycles. The van der Waals surface area contributed by atoms with Crippen LogP contribution in [0.15, 0.2) is 30.3 Å². The van der Waals surface area contributed by atoms with Crippen LogP contribution in [0.1, 0.15) is 49.1 Å². The monoisotopic (exact) mass is 373 g/mol. The average Bonchev–Trinajstić information content (AvgIpc) is 2.96. The first-order valence-electron chi connectivity index (χ1n) is 8.22. The lowest BCUT2D eigenvalue weighted by molar-refractivity contribution is -0.192. The van der Waals surface area contributed by atoms with Crippen molar-refractivity contribution in [2.75, 3.05) is 0 Å². The van der Waals surface area contributed by atoms with Gasteiger partial charge in [0.1, 0.15) is 5.82 Å². The molecule has 142 valence electrons. The van der Waals surface area contributed by atoms with Crippen LogP contribution in [0.25, 0.3) is 0 Å². The summed E-state index contributed by atoms with van der Waals surface area (Å²) in [6.45, 7) is 0.838. The number of halogens is 4. The third-order valence-corrected chi connectivity index (χ3v) is 3.95. The number of hydrogen-bond acceptors (Lipinski definition) is 3. The van der Waals surface area contributed by atoms with E-state index in [4.69, 9.17) is 9.90 Å². The first-order chi connectivity index (χ1) is 12.3. The second-order valence-electron chi connectivity index (χ2n) is 5.87. The van der Waals surface area contributed by atoms with Crippen LogP contribution in [0.2, 0.25) is 0 Å². The minimum atomic E-state index is -5.08. The second-order valence-corrected chi connectivity index (χ2v) is 5.87. The maximum absolute atomic E-state index is 14.6. The highest BCUT2D eigenvalue weighted by Crippen LogP contribution is 2.26. The fourth-order valence-electron chi connectivity index (χ4n) is 2.64. The first kappa shape index (κ1) is 19.9. The van der Waals surface area contributed by atoms with Gasteiger partial charge in [0.2, 0.25) is 0 Å². The molecule has 26 heavy (non-hydrogen) atoms. The summed E-state index contributed by atoms with van der Waals surface area (Å²) < 4.78 is 48.3. The van der Waals surface area contributed by atoms with Gasteiger partial charge in [-0.25, -0.2) is 9.18 Å². The number of carboxylic acids is 1. The largest absolute Gasteiger partial charge is 0.490 e. The summed E-state index contributed by atoms with van der Waals surface area (Å²) in [6, 6.07) is 9.20. The number of nitrogens with zero attached hydrogens (tertiary/aromatic N) is 3. The second kappa shape index (κ2) is 8.77. The van der Waals surface area contributed by atoms with E-state index >= 15 is 0 Å². The van der Waals surface area contributed by atoms with E-state index in [1.54, 1.807) is 12.1 Å². The third-order valence-electron chi connectivity index (χ3n) is 3.95. The molecule has 1 aromatic heterocycles. The molecule has 0 saturated heterocycles. The summed E-state index contributed by atoms with van der Waals surface area (Å²) in [4.78, 5) is 8.90. The van der Waals surface area contributed by atoms with Gasteiger partial charge in [-0.3, -0.25) is 0 Å². The van der Waals surface area contributed by atoms with E-state index in [1.165, 1.54) is 12.8 Å². The van der Waals surface area contributed by atoms with Crippen molar-refractivity contribution in [3.63, 3.8) is 0 Å². The normalized spacial score (nSPS) is 15.7. The predicted molar refractivity (Wildman–Crippen MR) is 85.3 cm³/mol. The van der Waals surface area contributed by atoms with Crippen LogP contribution in [0.5, 0.6) is 0 Å². The Kier molecular flexibility index (Phi) is 6.70. The van der Waals surface area contributed by atoms with E-state index in [2.05, 4.69) is 10.2 Å². The fraction of sp³-hybridized carbons (Fsp3) is 0.471. The summed E-state index contributed by atoms with van der Waals surface area (Å²) in [5, 5.41) is 15.4. The lowest BCUT2D eigenvalue weighted by atomic mass is 10.1. The Morgan fingerprint density at radius 2 is 1.69 bits per heavy atom. The molecule has 3 rings (SSSR count). The summed E-state index contributed by atoms with van der Waals surface area (Å²) in [5.41, 5.74) is 0.653. The molecule has 1 unspecified atom stereocenters. The lowest BCUT2D eigenvalue weighted by Crippen LogP contribution is -2.21. The minimum Gasteiger partial charge on any atom is -0.475 e. The van der Waals surface area contributed by atoms with Crippen molar-refractivity contribution in [3.8, 4) is 0 Å². The molecule has 0 radical (unpaired) electrons. The van der Waals surface area contributed by atoms with Gasteiger partial charge in [0.05, 0.1) is 0 Å². The zero-order valence-corrected chi connectivity index (χ0v) is 13.9. The van der Waals surface area contributed by atoms with Crippen molar-refractivity contribution in [1.82, 2.24) is 14.8 Å². The first-order valence-corrected chi connectivity index (χ1v) is 8.22. The number of aromatic nitrogens is 3. The van der Waals surface area contributed by atoms with E-state index < -0.39 is 18.3 Å². The molecular weight excluding hydrogens is 354 g/mol. The van der Waals surface area contributed by atoms with E-state index in [1.807, 2.05) is 22.8 Å². The number of benzene rings is 1. The zero-order valence-electron chi connectivity index (χ0n) is 13.9. The van der Waals surface area contributed by atoms with Crippen molar-refractivity contribution >= 4 is 5.97 Å². The maximum atomic E-state index is 14.6. The van der Waals surface area contributed by atoms with Crippen molar-refractivity contribution in [2.24, 2.45) is 0 Å². The number of aliphatic carboxylic acids is 1. The van der Waals surface area contributed by atoms with Gasteiger partial charge in [-0.2, -0.15) is 13.2 Å². The SMILES string of the molecule is FC(c1ccccc1)c1nnc2n1CCCCCC2.O=C(O)C(F)(F)F. The molecule has 0 bridgehead atoms. The molecule has 1 N–H and O–H groups in total. The molecule has 9 heteroatoms. The highest BCUT2D eigenvalue weighted by Gasteiger charge is 2.38. The van der Waals surface area contributed by atoms with E-state index in [0.717, 1.165) is 31.6 Å². The fourth-order valence-corrected chi connectivity index (χ4v) is 2.64. The Hall–Kier alpha value is -2.45. The van der Waals surface area contributed by atoms with Gasteiger partial charge >= 0.3 is 12.1 Å². The topological polar surface area (TPSA) is 68.0 Å². The lowest BCUT2D eigenvalue weighted by Gasteiger charge is -2.15. The number of fused-ring (bicyclic) bond motifs is 1. The van der Waals surface area contributed by atoms with Crippen LogP contribution in [-0.2, 0) is 17.8 Å². The molecule has 2 aromatic rings. The van der Waals surface area contributed by atoms with Crippen LogP contribution in [0, 0.1) is 0 Å². The Bertz CT molecular complexity index is 717. The van der Waals surface area contributed by atoms with Crippen molar-refractivity contribution < 1.29 is 27.5 Å². The van der Waals surface area contributed by atoms with Gasteiger partial charge in [0.15, 0.2) is 12.0 Å². The van der Waals surface area contributed by atoms with Crippen molar-refractivity contribution in [3.05, 3.63) is 47.5 Å². The number of hydrogen-bond donors (Lipinski definition) is 1. The van der Waals surface area contributed by atoms with Gasteiger partial charge < -0.3 is 9.67 Å². The van der Waals surface area contributed by atoms with Gasteiger partial charge in [-0.1, -0.05) is 43.2 Å². The predicted octanol–water partition coefficient (Wildman–Crippen LogP) is 4.09. The number of aryl methyl sites for hydroxylation is 1. The zero-order chi connectivity index (χ0) is 19.2. The van der Waals surface area contributed by atoms with Crippen molar-refractivity contribution in [2.45, 2.75) is 51.0 Å². The van der Waals surface area contributed by atoms with E-state index in [0.29, 0.717) is 11.4 Å². The van der Waals surface area contributed by atoms with Crippen LogP contribution in [-0.4, -0.2) is 32.0 Å². The molecule has 1 aliphatic rings. The van der Waals surface area contributed by atoms with E-state index in [9.17, 15) is 17.6 Å². The van der Waals surface area contributed by atoms with Crippen LogP contribution in [0.3, 0.4) is 0 Å². The molecule has 2 heterocycles. The van der Waals surface area contributed by atoms with Gasteiger partial charge in [0, 0.05) is 13.0 Å². The molecule has 1 aliphatic heterocycles. The molecule has 1 atom stereocenters. The molecule has 0 spiro atoms. The minimum absolute atomic E-state index is 0.461. The number of alkyl halides is 4. The standard InChI is InChI=1S/C15H18FN3.C2HF3O2/c16-14(12-8-4-3-5-9-12)15-18-17-13-10-6-1-2-7-11-19(13)15;3-2(4,5)1(6)7/h3-5,8-9,14H,1-2,6-7,10-11H2;(H,6,7). The Labute approximate surface area is 147 Å². The van der Waals surface area contributed by atoms with Gasteiger partial charge in [-0.15, -0.1) is 10.2 Å². The summed E-state index contributed by atoms with van der Waals surface area (Å²) in [5.74, 6) is -1.36. The van der Waals surface area contributed by atoms with Crippen LogP contribution >= 0.6 is 0 Å². The van der Waals surface area contributed by atoms with E-state index in [-0.39, 0.29) is 0 Å². The maximum Gasteiger partial charge on any atom is 0.490 e.